The molecule has 0 spiro atoms. The van der Waals surface area contributed by atoms with Crippen molar-refractivity contribution in [2.75, 3.05) is 11.9 Å². The lowest BCUT2D eigenvalue weighted by atomic mass is 9.92. The summed E-state index contributed by atoms with van der Waals surface area (Å²) in [7, 11) is 0. The van der Waals surface area contributed by atoms with Crippen LogP contribution in [0.4, 0.5) is 10.5 Å². The molecule has 3 N–H and O–H groups in total. The van der Waals surface area contributed by atoms with Crippen LogP contribution < -0.4 is 20.7 Å². The molecule has 2 aromatic carbocycles. The molecule has 1 aliphatic heterocycles. The van der Waals surface area contributed by atoms with Crippen LogP contribution in [0.5, 0.6) is 5.75 Å². The van der Waals surface area contributed by atoms with Crippen LogP contribution in [0.2, 0.25) is 5.02 Å². The van der Waals surface area contributed by atoms with Gasteiger partial charge in [-0.1, -0.05) is 23.7 Å². The van der Waals surface area contributed by atoms with Crippen LogP contribution in [0, 0.1) is 6.92 Å². The van der Waals surface area contributed by atoms with Crippen LogP contribution in [0.15, 0.2) is 42.5 Å². The van der Waals surface area contributed by atoms with E-state index in [2.05, 4.69) is 16.0 Å². The van der Waals surface area contributed by atoms with Crippen LogP contribution in [-0.2, 0) is 15.1 Å². The van der Waals surface area contributed by atoms with Crippen molar-refractivity contribution in [2.45, 2.75) is 32.2 Å². The van der Waals surface area contributed by atoms with Crippen LogP contribution in [0.25, 0.3) is 0 Å². The molecule has 0 radical (unpaired) electrons. The van der Waals surface area contributed by atoms with Gasteiger partial charge in [0.2, 0.25) is 5.91 Å². The summed E-state index contributed by atoms with van der Waals surface area (Å²) in [5, 5.41) is 8.32. The normalized spacial score (nSPS) is 18.2. The fourth-order valence-electron chi connectivity index (χ4n) is 3.01. The number of ether oxygens (including phenoxy) is 1. The average molecular weight is 416 g/mol. The van der Waals surface area contributed by atoms with Crippen LogP contribution in [0.1, 0.15) is 30.9 Å². The standard InChI is InChI=1S/C21H22ClN3O4/c1-13-11-16(8-9-17(13)22)29-10-4-7-18(26)23-15-6-3-5-14(12-15)21(2)19(27)24-20(28)25-21/h3,5-6,8-9,11-12H,4,7,10H2,1-2H3,(H,23,26)(H2,24,25,27,28). The number of carbonyl (C=O) groups is 3. The predicted octanol–water partition coefficient (Wildman–Crippen LogP) is 3.50. The van der Waals surface area contributed by atoms with Gasteiger partial charge in [0, 0.05) is 17.1 Å². The SMILES string of the molecule is Cc1cc(OCCCC(=O)Nc2cccc(C3(C)NC(=O)NC3=O)c2)ccc1Cl. The molecule has 2 aromatic rings. The summed E-state index contributed by atoms with van der Waals surface area (Å²) in [6, 6.07) is 11.7. The highest BCUT2D eigenvalue weighted by atomic mass is 35.5. The average Bonchev–Trinajstić information content (AvgIpc) is 2.94. The Kier molecular flexibility index (Phi) is 6.08. The zero-order valence-electron chi connectivity index (χ0n) is 16.2. The molecular weight excluding hydrogens is 394 g/mol. The first kappa shape index (κ1) is 20.7. The molecule has 1 saturated heterocycles. The number of amides is 4. The Morgan fingerprint density at radius 2 is 2.00 bits per heavy atom. The Bertz CT molecular complexity index is 963. The van der Waals surface area contributed by atoms with Gasteiger partial charge in [0.15, 0.2) is 0 Å². The molecule has 8 heteroatoms. The van der Waals surface area contributed by atoms with E-state index in [4.69, 9.17) is 16.3 Å². The Labute approximate surface area is 173 Å². The van der Waals surface area contributed by atoms with Crippen LogP contribution >= 0.6 is 11.6 Å². The molecule has 1 fully saturated rings. The summed E-state index contributed by atoms with van der Waals surface area (Å²) < 4.78 is 5.64. The minimum absolute atomic E-state index is 0.164. The summed E-state index contributed by atoms with van der Waals surface area (Å²) in [6.45, 7) is 3.92. The monoisotopic (exact) mass is 415 g/mol. The molecule has 1 unspecified atom stereocenters. The molecule has 0 saturated carbocycles. The maximum Gasteiger partial charge on any atom is 0.322 e. The quantitative estimate of drug-likeness (QED) is 0.476. The maximum atomic E-state index is 12.2. The molecule has 0 aromatic heterocycles. The van der Waals surface area contributed by atoms with E-state index in [0.717, 1.165) is 5.56 Å². The first-order valence-corrected chi connectivity index (χ1v) is 9.59. The van der Waals surface area contributed by atoms with E-state index in [9.17, 15) is 14.4 Å². The third-order valence-corrected chi connectivity index (χ3v) is 5.14. The fraction of sp³-hybridized carbons (Fsp3) is 0.286. The summed E-state index contributed by atoms with van der Waals surface area (Å²) in [4.78, 5) is 35.7. The van der Waals surface area contributed by atoms with Gasteiger partial charge in [-0.2, -0.15) is 0 Å². The first-order valence-electron chi connectivity index (χ1n) is 9.21. The zero-order chi connectivity index (χ0) is 21.0. The molecule has 7 nitrogen and oxygen atoms in total. The minimum atomic E-state index is -1.16. The smallest absolute Gasteiger partial charge is 0.322 e. The number of carbonyl (C=O) groups excluding carboxylic acids is 3. The first-order chi connectivity index (χ1) is 13.8. The Balaban J connectivity index is 1.51. The molecule has 3 rings (SSSR count). The van der Waals surface area contributed by atoms with E-state index in [-0.39, 0.29) is 12.3 Å². The Morgan fingerprint density at radius 3 is 2.69 bits per heavy atom. The lowest BCUT2D eigenvalue weighted by molar-refractivity contribution is -0.123. The van der Waals surface area contributed by atoms with Gasteiger partial charge >= 0.3 is 6.03 Å². The van der Waals surface area contributed by atoms with E-state index >= 15 is 0 Å². The number of anilines is 1. The van der Waals surface area contributed by atoms with Crippen molar-refractivity contribution in [3.63, 3.8) is 0 Å². The van der Waals surface area contributed by atoms with Gasteiger partial charge in [0.05, 0.1) is 6.61 Å². The number of halogens is 1. The van der Waals surface area contributed by atoms with Gasteiger partial charge in [-0.25, -0.2) is 4.79 Å². The highest BCUT2D eigenvalue weighted by molar-refractivity contribution is 6.31. The van der Waals surface area contributed by atoms with Crippen molar-refractivity contribution in [3.8, 4) is 5.75 Å². The summed E-state index contributed by atoms with van der Waals surface area (Å²) >= 11 is 5.99. The largest absolute Gasteiger partial charge is 0.494 e. The third kappa shape index (κ3) is 4.86. The Morgan fingerprint density at radius 1 is 1.21 bits per heavy atom. The molecule has 1 atom stereocenters. The maximum absolute atomic E-state index is 12.2. The number of nitrogens with one attached hydrogen (secondary N) is 3. The molecule has 4 amide bonds. The highest BCUT2D eigenvalue weighted by Gasteiger charge is 2.43. The van der Waals surface area contributed by atoms with Gasteiger partial charge < -0.3 is 15.4 Å². The van der Waals surface area contributed by atoms with Gasteiger partial charge in [0.25, 0.3) is 5.91 Å². The number of rotatable bonds is 7. The molecule has 0 bridgehead atoms. The molecular formula is C21H22ClN3O4. The molecule has 1 aliphatic rings. The zero-order valence-corrected chi connectivity index (χ0v) is 16.9. The second-order valence-corrected chi connectivity index (χ2v) is 7.43. The fourth-order valence-corrected chi connectivity index (χ4v) is 3.13. The van der Waals surface area contributed by atoms with Crippen molar-refractivity contribution < 1.29 is 19.1 Å². The Hall–Kier alpha value is -3.06. The van der Waals surface area contributed by atoms with Gasteiger partial charge in [0.1, 0.15) is 11.3 Å². The lowest BCUT2D eigenvalue weighted by Gasteiger charge is -2.21. The van der Waals surface area contributed by atoms with Gasteiger partial charge in [-0.3, -0.25) is 14.9 Å². The lowest BCUT2D eigenvalue weighted by Crippen LogP contribution is -2.40. The van der Waals surface area contributed by atoms with E-state index in [1.807, 2.05) is 13.0 Å². The number of hydrogen-bond acceptors (Lipinski definition) is 4. The summed E-state index contributed by atoms with van der Waals surface area (Å²) in [6.07, 6.45) is 0.828. The number of imide groups is 1. The highest BCUT2D eigenvalue weighted by Crippen LogP contribution is 2.26. The topological polar surface area (TPSA) is 96.5 Å². The molecule has 152 valence electrons. The second-order valence-electron chi connectivity index (χ2n) is 7.03. The molecule has 1 heterocycles. The third-order valence-electron chi connectivity index (χ3n) is 4.71. The number of urea groups is 1. The van der Waals surface area contributed by atoms with Gasteiger partial charge in [-0.05, 0) is 61.7 Å². The van der Waals surface area contributed by atoms with Gasteiger partial charge in [-0.15, -0.1) is 0 Å². The van der Waals surface area contributed by atoms with E-state index in [0.29, 0.717) is 35.1 Å². The second kappa shape index (κ2) is 8.53. The van der Waals surface area contributed by atoms with E-state index in [1.165, 1.54) is 0 Å². The summed E-state index contributed by atoms with van der Waals surface area (Å²) in [5.41, 5.74) is 0.905. The summed E-state index contributed by atoms with van der Waals surface area (Å²) in [5.74, 6) is 0.119. The van der Waals surface area contributed by atoms with Crippen molar-refractivity contribution in [2.24, 2.45) is 0 Å². The van der Waals surface area contributed by atoms with E-state index < -0.39 is 17.5 Å². The number of hydrogen-bond donors (Lipinski definition) is 3. The number of benzene rings is 2. The molecule has 0 aliphatic carbocycles. The van der Waals surface area contributed by atoms with Crippen molar-refractivity contribution in [1.82, 2.24) is 10.6 Å². The van der Waals surface area contributed by atoms with E-state index in [1.54, 1.807) is 43.3 Å². The van der Waals surface area contributed by atoms with Crippen LogP contribution in [0.3, 0.4) is 0 Å². The minimum Gasteiger partial charge on any atom is -0.494 e. The van der Waals surface area contributed by atoms with Crippen molar-refractivity contribution in [3.05, 3.63) is 58.6 Å². The predicted molar refractivity (Wildman–Crippen MR) is 110 cm³/mol. The van der Waals surface area contributed by atoms with Crippen molar-refractivity contribution >= 4 is 35.1 Å². The molecule has 29 heavy (non-hydrogen) atoms. The van der Waals surface area contributed by atoms with Crippen molar-refractivity contribution in [1.29, 1.82) is 0 Å². The van der Waals surface area contributed by atoms with Crippen LogP contribution in [-0.4, -0.2) is 24.5 Å². The number of aryl methyl sites for hydroxylation is 1.